The van der Waals surface area contributed by atoms with Crippen LogP contribution in [0.3, 0.4) is 0 Å². The lowest BCUT2D eigenvalue weighted by Crippen LogP contribution is -2.26. The first kappa shape index (κ1) is 14.7. The molecule has 0 fully saturated rings. The maximum Gasteiger partial charge on any atom is 0.149 e. The predicted molar refractivity (Wildman–Crippen MR) is 73.8 cm³/mol. The second-order valence-electron chi connectivity index (χ2n) is 4.48. The lowest BCUT2D eigenvalue weighted by molar-refractivity contribution is 0.598. The Labute approximate surface area is 108 Å². The second kappa shape index (κ2) is 5.51. The molecule has 1 atom stereocenters. The number of sulfone groups is 1. The molecule has 18 heavy (non-hydrogen) atoms. The van der Waals surface area contributed by atoms with Crippen LogP contribution in [0.4, 0.5) is 11.6 Å². The van der Waals surface area contributed by atoms with Gasteiger partial charge in [-0.2, -0.15) is 0 Å². The summed E-state index contributed by atoms with van der Waals surface area (Å²) in [5.74, 6) is 2.13. The highest BCUT2D eigenvalue weighted by Crippen LogP contribution is 2.20. The molecule has 0 aliphatic rings. The maximum absolute atomic E-state index is 11.2. The van der Waals surface area contributed by atoms with E-state index in [1.165, 1.54) is 6.26 Å². The molecule has 0 aliphatic carbocycles. The summed E-state index contributed by atoms with van der Waals surface area (Å²) in [5.41, 5.74) is 0.878. The van der Waals surface area contributed by atoms with Gasteiger partial charge in [-0.3, -0.25) is 0 Å². The van der Waals surface area contributed by atoms with Crippen molar-refractivity contribution in [2.75, 3.05) is 29.7 Å². The topological polar surface area (TPSA) is 84.0 Å². The van der Waals surface area contributed by atoms with E-state index in [0.29, 0.717) is 11.6 Å². The van der Waals surface area contributed by atoms with Gasteiger partial charge in [0.25, 0.3) is 0 Å². The molecule has 0 radical (unpaired) electrons. The average molecular weight is 272 g/mol. The van der Waals surface area contributed by atoms with E-state index in [0.717, 1.165) is 11.4 Å². The maximum atomic E-state index is 11.2. The molecule has 0 saturated carbocycles. The van der Waals surface area contributed by atoms with Crippen LogP contribution < -0.4 is 10.6 Å². The smallest absolute Gasteiger partial charge is 0.149 e. The van der Waals surface area contributed by atoms with E-state index >= 15 is 0 Å². The quantitative estimate of drug-likeness (QED) is 0.831. The second-order valence-corrected chi connectivity index (χ2v) is 6.67. The number of aryl methyl sites for hydroxylation is 1. The zero-order chi connectivity index (χ0) is 13.9. The Hall–Kier alpha value is -1.37. The molecule has 0 bridgehead atoms. The summed E-state index contributed by atoms with van der Waals surface area (Å²) in [6.07, 6.45) is 1.22. The molecule has 1 aromatic heterocycles. The van der Waals surface area contributed by atoms with Gasteiger partial charge in [-0.25, -0.2) is 18.4 Å². The fourth-order valence-corrected chi connectivity index (χ4v) is 2.73. The zero-order valence-corrected chi connectivity index (χ0v) is 12.2. The van der Waals surface area contributed by atoms with Crippen LogP contribution in [-0.4, -0.2) is 43.5 Å². The van der Waals surface area contributed by atoms with E-state index < -0.39 is 9.84 Å². The Bertz CT molecular complexity index is 528. The van der Waals surface area contributed by atoms with Crippen LogP contribution in [-0.2, 0) is 9.84 Å². The first-order valence-electron chi connectivity index (χ1n) is 5.70. The van der Waals surface area contributed by atoms with E-state index in [-0.39, 0.29) is 11.8 Å². The molecule has 6 nitrogen and oxygen atoms in total. The molecular formula is C11H20N4O2S. The van der Waals surface area contributed by atoms with Crippen LogP contribution >= 0.6 is 0 Å². The Kier molecular flexibility index (Phi) is 4.50. The molecule has 2 N–H and O–H groups in total. The highest BCUT2D eigenvalue weighted by Gasteiger charge is 2.14. The molecule has 1 heterocycles. The molecule has 1 unspecified atom stereocenters. The highest BCUT2D eigenvalue weighted by molar-refractivity contribution is 7.90. The normalized spacial score (nSPS) is 13.2. The average Bonchev–Trinajstić information content (AvgIpc) is 2.20. The third-order valence-corrected chi connectivity index (χ3v) is 3.54. The summed E-state index contributed by atoms with van der Waals surface area (Å²) in [4.78, 5) is 8.55. The van der Waals surface area contributed by atoms with E-state index in [9.17, 15) is 8.42 Å². The minimum atomic E-state index is -3.00. The summed E-state index contributed by atoms with van der Waals surface area (Å²) in [7, 11) is -1.21. The lowest BCUT2D eigenvalue weighted by Gasteiger charge is -2.17. The van der Waals surface area contributed by atoms with Crippen LogP contribution in [0.2, 0.25) is 0 Å². The van der Waals surface area contributed by atoms with Crippen molar-refractivity contribution in [1.29, 1.82) is 0 Å². The standard InChI is InChI=1S/C11H20N4O2S/c1-7(6-18(5,16)17)13-11-8(2)10(12-4)14-9(3)15-11/h7H,6H2,1-5H3,(H2,12,13,14,15). The van der Waals surface area contributed by atoms with Crippen molar-refractivity contribution in [1.82, 2.24) is 9.97 Å². The fraction of sp³-hybridized carbons (Fsp3) is 0.636. The number of nitrogens with zero attached hydrogens (tertiary/aromatic N) is 2. The summed E-state index contributed by atoms with van der Waals surface area (Å²) in [5, 5.41) is 6.10. The van der Waals surface area contributed by atoms with Crippen molar-refractivity contribution in [3.05, 3.63) is 11.4 Å². The van der Waals surface area contributed by atoms with Crippen molar-refractivity contribution in [3.63, 3.8) is 0 Å². The van der Waals surface area contributed by atoms with Gasteiger partial charge in [0.1, 0.15) is 27.3 Å². The van der Waals surface area contributed by atoms with Gasteiger partial charge >= 0.3 is 0 Å². The zero-order valence-electron chi connectivity index (χ0n) is 11.4. The van der Waals surface area contributed by atoms with Crippen LogP contribution in [0.25, 0.3) is 0 Å². The minimum absolute atomic E-state index is 0.0738. The van der Waals surface area contributed by atoms with E-state index in [1.807, 2.05) is 13.8 Å². The van der Waals surface area contributed by atoms with Gasteiger partial charge in [-0.15, -0.1) is 0 Å². The number of rotatable bonds is 5. The van der Waals surface area contributed by atoms with Crippen molar-refractivity contribution in [2.24, 2.45) is 0 Å². The molecule has 0 aliphatic heterocycles. The SMILES string of the molecule is CNc1nc(C)nc(NC(C)CS(C)(=O)=O)c1C. The Morgan fingerprint density at radius 2 is 1.78 bits per heavy atom. The van der Waals surface area contributed by atoms with Crippen LogP contribution in [0.1, 0.15) is 18.3 Å². The van der Waals surface area contributed by atoms with Gasteiger partial charge in [-0.05, 0) is 20.8 Å². The van der Waals surface area contributed by atoms with Crippen LogP contribution in [0.5, 0.6) is 0 Å². The van der Waals surface area contributed by atoms with Crippen molar-refractivity contribution < 1.29 is 8.42 Å². The van der Waals surface area contributed by atoms with E-state index in [4.69, 9.17) is 0 Å². The molecule has 0 amide bonds. The van der Waals surface area contributed by atoms with E-state index in [1.54, 1.807) is 14.0 Å². The largest absolute Gasteiger partial charge is 0.373 e. The van der Waals surface area contributed by atoms with Crippen molar-refractivity contribution in [2.45, 2.75) is 26.8 Å². The Morgan fingerprint density at radius 3 is 2.28 bits per heavy atom. The summed E-state index contributed by atoms with van der Waals surface area (Å²) in [6.45, 7) is 5.50. The lowest BCUT2D eigenvalue weighted by atomic mass is 10.2. The first-order valence-corrected chi connectivity index (χ1v) is 7.76. The number of aromatic nitrogens is 2. The number of hydrogen-bond acceptors (Lipinski definition) is 6. The number of anilines is 2. The third kappa shape index (κ3) is 4.14. The highest BCUT2D eigenvalue weighted by atomic mass is 32.2. The van der Waals surface area contributed by atoms with Gasteiger partial charge in [0.2, 0.25) is 0 Å². The summed E-state index contributed by atoms with van der Waals surface area (Å²) in [6, 6.07) is -0.197. The Morgan fingerprint density at radius 1 is 1.22 bits per heavy atom. The van der Waals surface area contributed by atoms with Gasteiger partial charge in [0, 0.05) is 24.9 Å². The molecule has 102 valence electrons. The van der Waals surface area contributed by atoms with Crippen molar-refractivity contribution >= 4 is 21.5 Å². The number of nitrogens with one attached hydrogen (secondary N) is 2. The summed E-state index contributed by atoms with van der Waals surface area (Å²) < 4.78 is 22.4. The summed E-state index contributed by atoms with van der Waals surface area (Å²) >= 11 is 0. The van der Waals surface area contributed by atoms with Gasteiger partial charge in [0.05, 0.1) is 5.75 Å². The first-order chi connectivity index (χ1) is 8.23. The van der Waals surface area contributed by atoms with Crippen molar-refractivity contribution in [3.8, 4) is 0 Å². The monoisotopic (exact) mass is 272 g/mol. The molecule has 0 spiro atoms. The van der Waals surface area contributed by atoms with Gasteiger partial charge in [0.15, 0.2) is 0 Å². The predicted octanol–water partition coefficient (Wildman–Crippen LogP) is 0.980. The molecule has 1 rings (SSSR count). The molecule has 1 aromatic rings. The molecule has 0 saturated heterocycles. The van der Waals surface area contributed by atoms with Gasteiger partial charge < -0.3 is 10.6 Å². The molecule has 0 aromatic carbocycles. The minimum Gasteiger partial charge on any atom is -0.373 e. The van der Waals surface area contributed by atoms with Crippen LogP contribution in [0, 0.1) is 13.8 Å². The molecular weight excluding hydrogens is 252 g/mol. The van der Waals surface area contributed by atoms with Gasteiger partial charge in [-0.1, -0.05) is 0 Å². The Balaban J connectivity index is 2.94. The number of hydrogen-bond donors (Lipinski definition) is 2. The van der Waals surface area contributed by atoms with E-state index in [2.05, 4.69) is 20.6 Å². The fourth-order valence-electron chi connectivity index (χ4n) is 1.74. The third-order valence-electron chi connectivity index (χ3n) is 2.43. The molecule has 7 heteroatoms. The van der Waals surface area contributed by atoms with Crippen LogP contribution in [0.15, 0.2) is 0 Å².